The summed E-state index contributed by atoms with van der Waals surface area (Å²) in [5.74, 6) is 0. The first kappa shape index (κ1) is 16.8. The van der Waals surface area contributed by atoms with E-state index < -0.39 is 0 Å². The second kappa shape index (κ2) is 7.65. The summed E-state index contributed by atoms with van der Waals surface area (Å²) in [6.07, 6.45) is 1.82. The Bertz CT molecular complexity index is 622. The van der Waals surface area contributed by atoms with Crippen LogP contribution in [0.5, 0.6) is 0 Å². The monoisotopic (exact) mass is 342 g/mol. The molecule has 0 amide bonds. The molecule has 0 aliphatic carbocycles. The van der Waals surface area contributed by atoms with E-state index in [1.54, 1.807) is 4.96 Å². The summed E-state index contributed by atoms with van der Waals surface area (Å²) in [6, 6.07) is 12.7. The molecule has 1 saturated heterocycles. The van der Waals surface area contributed by atoms with E-state index in [4.69, 9.17) is 0 Å². The van der Waals surface area contributed by atoms with Gasteiger partial charge in [-0.15, -0.1) is 0 Å². The minimum atomic E-state index is 0. The maximum atomic E-state index is 4.43. The molecule has 0 unspecified atom stereocenters. The molecule has 0 bridgehead atoms. The third-order valence-electron chi connectivity index (χ3n) is 3.93. The minimum absolute atomic E-state index is 0. The van der Waals surface area contributed by atoms with E-state index in [-0.39, 0.29) is 5.48 Å². The van der Waals surface area contributed by atoms with Crippen LogP contribution in [0.2, 0.25) is 0 Å². The summed E-state index contributed by atoms with van der Waals surface area (Å²) in [7, 11) is 2.18. The Morgan fingerprint density at radius 1 is 1.05 bits per heavy atom. The van der Waals surface area contributed by atoms with Crippen LogP contribution in [0.25, 0.3) is 11.3 Å². The Hall–Kier alpha value is -1.53. The summed E-state index contributed by atoms with van der Waals surface area (Å²) in [5.41, 5.74) is 4.50. The maximum Gasteiger partial charge on any atom is -0.412 e. The molecule has 2 aromatic rings. The molecule has 3 rings (SSSR count). The summed E-state index contributed by atoms with van der Waals surface area (Å²) >= 11 is 4.25. The number of likely N-dealkylation sites (N-methyl/N-ethyl adjacent to an activating group) is 1. The smallest absolute Gasteiger partial charge is 0.412 e. The minimum Gasteiger partial charge on any atom is -0.412 e. The van der Waals surface area contributed by atoms with Crippen molar-refractivity contribution in [2.45, 2.75) is 0 Å². The quantitative estimate of drug-likeness (QED) is 0.847. The van der Waals surface area contributed by atoms with Gasteiger partial charge in [0.1, 0.15) is 0 Å². The van der Waals surface area contributed by atoms with Gasteiger partial charge in [-0.2, -0.15) is 0 Å². The molecule has 1 aliphatic rings. The molecule has 1 fully saturated rings. The number of anilines is 1. The largest absolute Gasteiger partial charge is 0.412 e. The molecule has 2 heterocycles. The van der Waals surface area contributed by atoms with Crippen LogP contribution in [0.4, 0.5) is 5.69 Å². The molecule has 0 saturated carbocycles. The van der Waals surface area contributed by atoms with Crippen molar-refractivity contribution < 1.29 is 20.8 Å². The molecule has 0 atom stereocenters. The number of hydrogen-bond donors (Lipinski definition) is 0. The van der Waals surface area contributed by atoms with Gasteiger partial charge in [-0.25, -0.2) is 0 Å². The average Bonchev–Trinajstić information content (AvgIpc) is 2.56. The van der Waals surface area contributed by atoms with Crippen molar-refractivity contribution in [3.8, 4) is 11.3 Å². The average molecular weight is 342 g/mol. The second-order valence-electron chi connectivity index (χ2n) is 5.41. The number of benzene rings is 1. The number of pyridine rings is 1. The molecule has 0 spiro atoms. The fourth-order valence-corrected chi connectivity index (χ4v) is 2.76. The SMILES string of the molecule is CN1CCN(c2ccc(-c3cc([CH]=[Co])ccn3)cc2)CC1.O. The van der Waals surface area contributed by atoms with E-state index in [1.165, 1.54) is 5.69 Å². The molecule has 1 aromatic carbocycles. The molecule has 2 N–H and O–H groups in total. The molecule has 119 valence electrons. The Kier molecular flexibility index (Phi) is 5.85. The third kappa shape index (κ3) is 3.81. The predicted octanol–water partition coefficient (Wildman–Crippen LogP) is 1.37. The van der Waals surface area contributed by atoms with Gasteiger partial charge in [-0.05, 0) is 7.05 Å². The van der Waals surface area contributed by atoms with Gasteiger partial charge in [0.05, 0.1) is 0 Å². The summed E-state index contributed by atoms with van der Waals surface area (Å²) in [5, 5.41) is 0. The zero-order chi connectivity index (χ0) is 14.7. The fourth-order valence-electron chi connectivity index (χ4n) is 2.57. The number of piperazine rings is 1. The van der Waals surface area contributed by atoms with Gasteiger partial charge in [-0.3, -0.25) is 0 Å². The van der Waals surface area contributed by atoms with E-state index in [9.17, 15) is 0 Å². The first-order chi connectivity index (χ1) is 10.3. The van der Waals surface area contributed by atoms with E-state index in [2.05, 4.69) is 67.5 Å². The Balaban J connectivity index is 0.00000176. The Morgan fingerprint density at radius 3 is 2.36 bits per heavy atom. The topological polar surface area (TPSA) is 50.9 Å². The third-order valence-corrected chi connectivity index (χ3v) is 4.27. The van der Waals surface area contributed by atoms with Gasteiger partial charge >= 0.3 is 126 Å². The van der Waals surface area contributed by atoms with Crippen LogP contribution in [0.1, 0.15) is 5.56 Å². The molecular formula is C17H21CoN3O. The molecule has 5 heteroatoms. The zero-order valence-electron chi connectivity index (χ0n) is 12.6. The first-order valence-electron chi connectivity index (χ1n) is 7.17. The Labute approximate surface area is 139 Å². The number of rotatable bonds is 3. The second-order valence-corrected chi connectivity index (χ2v) is 5.71. The summed E-state index contributed by atoms with van der Waals surface area (Å²) in [6.45, 7) is 4.45. The van der Waals surface area contributed by atoms with E-state index >= 15 is 0 Å². The zero-order valence-corrected chi connectivity index (χ0v) is 13.7. The van der Waals surface area contributed by atoms with Crippen molar-refractivity contribution in [3.05, 3.63) is 48.2 Å². The Morgan fingerprint density at radius 2 is 1.73 bits per heavy atom. The van der Waals surface area contributed by atoms with Gasteiger partial charge < -0.3 is 5.48 Å². The van der Waals surface area contributed by atoms with Crippen LogP contribution in [0.15, 0.2) is 42.6 Å². The number of aromatic nitrogens is 1. The number of hydrogen-bond acceptors (Lipinski definition) is 3. The standard InChI is InChI=1S/C17H19N3.Co.H2O/c1-14-7-8-18-17(13-14)15-3-5-16(6-4-15)20-11-9-19(2)10-12-20;;/h1,3-8,13H,9-12H2,2H3;;1H2. The van der Waals surface area contributed by atoms with Gasteiger partial charge in [0.25, 0.3) is 0 Å². The van der Waals surface area contributed by atoms with Gasteiger partial charge in [-0.1, -0.05) is 0 Å². The van der Waals surface area contributed by atoms with Gasteiger partial charge in [0.15, 0.2) is 0 Å². The molecular weight excluding hydrogens is 321 g/mol. The van der Waals surface area contributed by atoms with Crippen molar-refractivity contribution >= 4 is 10.6 Å². The van der Waals surface area contributed by atoms with Crippen LogP contribution in [-0.4, -0.2) is 53.5 Å². The first-order valence-corrected chi connectivity index (χ1v) is 7.77. The normalized spacial score (nSPS) is 15.3. The van der Waals surface area contributed by atoms with Crippen molar-refractivity contribution in [2.75, 3.05) is 38.1 Å². The maximum absolute atomic E-state index is 4.43. The van der Waals surface area contributed by atoms with Gasteiger partial charge in [0.2, 0.25) is 0 Å². The van der Waals surface area contributed by atoms with Crippen molar-refractivity contribution in [1.82, 2.24) is 9.88 Å². The van der Waals surface area contributed by atoms with E-state index in [1.807, 2.05) is 12.3 Å². The number of nitrogens with zero attached hydrogens (tertiary/aromatic N) is 3. The molecule has 1 aromatic heterocycles. The van der Waals surface area contributed by atoms with Crippen LogP contribution in [0, 0.1) is 0 Å². The van der Waals surface area contributed by atoms with Crippen molar-refractivity contribution in [2.24, 2.45) is 0 Å². The van der Waals surface area contributed by atoms with Gasteiger partial charge in [0, 0.05) is 0 Å². The van der Waals surface area contributed by atoms with E-state index in [0.717, 1.165) is 43.0 Å². The molecule has 1 aliphatic heterocycles. The van der Waals surface area contributed by atoms with Crippen LogP contribution in [-0.2, 0) is 15.3 Å². The summed E-state index contributed by atoms with van der Waals surface area (Å²) < 4.78 is 0. The van der Waals surface area contributed by atoms with Crippen molar-refractivity contribution in [1.29, 1.82) is 0 Å². The van der Waals surface area contributed by atoms with Crippen LogP contribution in [0.3, 0.4) is 0 Å². The van der Waals surface area contributed by atoms with Crippen LogP contribution >= 0.6 is 0 Å². The predicted molar refractivity (Wildman–Crippen MR) is 88.2 cm³/mol. The van der Waals surface area contributed by atoms with E-state index in [0.29, 0.717) is 0 Å². The van der Waals surface area contributed by atoms with Crippen LogP contribution < -0.4 is 4.90 Å². The molecule has 0 radical (unpaired) electrons. The van der Waals surface area contributed by atoms with Crippen molar-refractivity contribution in [3.63, 3.8) is 0 Å². The molecule has 22 heavy (non-hydrogen) atoms. The molecule has 4 nitrogen and oxygen atoms in total. The fraction of sp³-hybridized carbons (Fsp3) is 0.294. The summed E-state index contributed by atoms with van der Waals surface area (Å²) in [4.78, 5) is 11.0.